The van der Waals surface area contributed by atoms with Crippen LogP contribution in [0.5, 0.6) is 0 Å². The van der Waals surface area contributed by atoms with E-state index < -0.39 is 0 Å². The van der Waals surface area contributed by atoms with Gasteiger partial charge in [0.2, 0.25) is 0 Å². The average molecular weight is 272 g/mol. The Kier molecular flexibility index (Phi) is 3.44. The summed E-state index contributed by atoms with van der Waals surface area (Å²) in [5, 5.41) is 0. The molecule has 20 heavy (non-hydrogen) atoms. The minimum Gasteiger partial charge on any atom is -0.330 e. The maximum absolute atomic E-state index is 12.5. The molecule has 5 heteroatoms. The molecule has 5 nitrogen and oxygen atoms in total. The Bertz CT molecular complexity index is 771. The van der Waals surface area contributed by atoms with Crippen LogP contribution in [0, 0.1) is 6.92 Å². The van der Waals surface area contributed by atoms with E-state index in [-0.39, 0.29) is 5.56 Å². The third-order valence-electron chi connectivity index (χ3n) is 3.86. The van der Waals surface area contributed by atoms with E-state index in [0.717, 1.165) is 61.3 Å². The molecule has 106 valence electrons. The second-order valence-corrected chi connectivity index (χ2v) is 5.28. The number of unbranched alkanes of at least 4 members (excludes halogenated alkanes) is 3. The summed E-state index contributed by atoms with van der Waals surface area (Å²) in [7, 11) is 0. The van der Waals surface area contributed by atoms with E-state index in [1.807, 2.05) is 34.1 Å². The van der Waals surface area contributed by atoms with Gasteiger partial charge in [-0.2, -0.15) is 0 Å². The fourth-order valence-corrected chi connectivity index (χ4v) is 2.87. The molecule has 3 heterocycles. The molecule has 3 aromatic rings. The van der Waals surface area contributed by atoms with Gasteiger partial charge in [-0.15, -0.1) is 0 Å². The van der Waals surface area contributed by atoms with Crippen LogP contribution in [0.15, 0.2) is 23.0 Å². The molecule has 2 N–H and O–H groups in total. The first-order chi connectivity index (χ1) is 9.74. The van der Waals surface area contributed by atoms with Crippen LogP contribution in [0.3, 0.4) is 0 Å². The smallest absolute Gasteiger partial charge is 0.278 e. The summed E-state index contributed by atoms with van der Waals surface area (Å²) in [5.41, 5.74) is 8.90. The number of rotatable bonds is 6. The van der Waals surface area contributed by atoms with Gasteiger partial charge in [0.25, 0.3) is 5.56 Å². The van der Waals surface area contributed by atoms with E-state index in [4.69, 9.17) is 5.73 Å². The maximum atomic E-state index is 12.5. The van der Waals surface area contributed by atoms with Gasteiger partial charge in [0.05, 0.1) is 5.69 Å². The minimum absolute atomic E-state index is 0.0787. The van der Waals surface area contributed by atoms with E-state index >= 15 is 0 Å². The summed E-state index contributed by atoms with van der Waals surface area (Å²) >= 11 is 0. The molecule has 0 atom stereocenters. The first-order valence-electron chi connectivity index (χ1n) is 7.24. The summed E-state index contributed by atoms with van der Waals surface area (Å²) in [6.45, 7) is 3.41. The fourth-order valence-electron chi connectivity index (χ4n) is 2.87. The molecule has 0 aromatic carbocycles. The lowest BCUT2D eigenvalue weighted by Crippen LogP contribution is -2.15. The van der Waals surface area contributed by atoms with E-state index in [0.29, 0.717) is 0 Å². The molecule has 0 saturated heterocycles. The Balaban J connectivity index is 1.93. The van der Waals surface area contributed by atoms with Gasteiger partial charge < -0.3 is 5.73 Å². The van der Waals surface area contributed by atoms with Gasteiger partial charge in [-0.25, -0.2) is 4.98 Å². The lowest BCUT2D eigenvalue weighted by atomic mass is 10.2. The summed E-state index contributed by atoms with van der Waals surface area (Å²) in [4.78, 5) is 17.0. The van der Waals surface area contributed by atoms with Crippen LogP contribution in [0.2, 0.25) is 0 Å². The largest absolute Gasteiger partial charge is 0.330 e. The van der Waals surface area contributed by atoms with E-state index in [2.05, 4.69) is 4.98 Å². The van der Waals surface area contributed by atoms with Crippen LogP contribution < -0.4 is 11.3 Å². The topological polar surface area (TPSA) is 65.3 Å². The van der Waals surface area contributed by atoms with Gasteiger partial charge >= 0.3 is 0 Å². The Morgan fingerprint density at radius 2 is 2.00 bits per heavy atom. The summed E-state index contributed by atoms with van der Waals surface area (Å²) in [5.74, 6) is 0. The van der Waals surface area contributed by atoms with Crippen molar-refractivity contribution in [3.8, 4) is 0 Å². The van der Waals surface area contributed by atoms with Crippen molar-refractivity contribution < 1.29 is 0 Å². The van der Waals surface area contributed by atoms with Crippen molar-refractivity contribution in [1.29, 1.82) is 0 Å². The highest BCUT2D eigenvalue weighted by Crippen LogP contribution is 2.17. The molecule has 0 fully saturated rings. The van der Waals surface area contributed by atoms with Crippen molar-refractivity contribution in [2.45, 2.75) is 39.2 Å². The standard InChI is InChI=1S/C15H20N4O/c1-11-14-15(20)18(10-5-3-2-4-9-16)13-8-6-7-12(17-11)19(13)14/h6-8H,2-5,9-10,16H2,1H3. The molecule has 0 aliphatic carbocycles. The zero-order valence-corrected chi connectivity index (χ0v) is 11.8. The van der Waals surface area contributed by atoms with Gasteiger partial charge in [-0.1, -0.05) is 18.9 Å². The van der Waals surface area contributed by atoms with Crippen molar-refractivity contribution in [2.24, 2.45) is 5.73 Å². The number of nitrogens with zero attached hydrogens (tertiary/aromatic N) is 3. The van der Waals surface area contributed by atoms with Gasteiger partial charge in [-0.3, -0.25) is 13.8 Å². The Hall–Kier alpha value is -1.88. The van der Waals surface area contributed by atoms with Gasteiger partial charge in [-0.05, 0) is 38.4 Å². The zero-order chi connectivity index (χ0) is 14.1. The van der Waals surface area contributed by atoms with Crippen LogP contribution in [0.4, 0.5) is 0 Å². The lowest BCUT2D eigenvalue weighted by Gasteiger charge is -2.04. The van der Waals surface area contributed by atoms with Crippen LogP contribution >= 0.6 is 0 Å². The highest BCUT2D eigenvalue weighted by Gasteiger charge is 2.16. The monoisotopic (exact) mass is 272 g/mol. The first kappa shape index (κ1) is 13.1. The Labute approximate surface area is 117 Å². The SMILES string of the molecule is Cc1nc2cccc3n(CCCCCCN)c(=O)c1n23. The second kappa shape index (κ2) is 5.25. The van der Waals surface area contributed by atoms with E-state index in [1.54, 1.807) is 0 Å². The van der Waals surface area contributed by atoms with Crippen molar-refractivity contribution >= 4 is 16.8 Å². The third-order valence-corrected chi connectivity index (χ3v) is 3.86. The predicted molar refractivity (Wildman–Crippen MR) is 80.4 cm³/mol. The van der Waals surface area contributed by atoms with E-state index in [9.17, 15) is 4.79 Å². The second-order valence-electron chi connectivity index (χ2n) is 5.28. The summed E-state index contributed by atoms with van der Waals surface area (Å²) < 4.78 is 3.84. The van der Waals surface area contributed by atoms with Crippen LogP contribution in [-0.2, 0) is 6.54 Å². The van der Waals surface area contributed by atoms with Gasteiger partial charge in [0.15, 0.2) is 0 Å². The van der Waals surface area contributed by atoms with Crippen LogP contribution in [-0.4, -0.2) is 20.5 Å². The van der Waals surface area contributed by atoms with Crippen LogP contribution in [0.25, 0.3) is 16.8 Å². The normalized spacial score (nSPS) is 11.9. The fraction of sp³-hybridized carbons (Fsp3) is 0.467. The number of nitrogens with two attached hydrogens (primary N) is 1. The average Bonchev–Trinajstić information content (AvgIpc) is 2.92. The molecule has 3 aromatic heterocycles. The van der Waals surface area contributed by atoms with Crippen LogP contribution in [0.1, 0.15) is 31.4 Å². The zero-order valence-electron chi connectivity index (χ0n) is 11.8. The molecular formula is C15H20N4O. The quantitative estimate of drug-likeness (QED) is 0.697. The molecule has 0 amide bonds. The lowest BCUT2D eigenvalue weighted by molar-refractivity contribution is 0.577. The van der Waals surface area contributed by atoms with Crippen molar-refractivity contribution in [3.63, 3.8) is 0 Å². The highest BCUT2D eigenvalue weighted by atomic mass is 16.1. The van der Waals surface area contributed by atoms with Gasteiger partial charge in [0, 0.05) is 6.54 Å². The highest BCUT2D eigenvalue weighted by molar-refractivity contribution is 5.69. The molecule has 3 rings (SSSR count). The predicted octanol–water partition coefficient (Wildman–Crippen LogP) is 1.91. The molecule has 0 bridgehead atoms. The third kappa shape index (κ3) is 1.98. The van der Waals surface area contributed by atoms with Crippen molar-refractivity contribution in [2.75, 3.05) is 6.54 Å². The molecular weight excluding hydrogens is 252 g/mol. The number of aryl methyl sites for hydroxylation is 2. The molecule has 0 spiro atoms. The molecule has 0 radical (unpaired) electrons. The first-order valence-corrected chi connectivity index (χ1v) is 7.24. The molecule has 0 saturated carbocycles. The molecule has 0 unspecified atom stereocenters. The number of aromatic nitrogens is 3. The Morgan fingerprint density at radius 3 is 2.80 bits per heavy atom. The number of pyridine rings is 1. The number of imidazole rings is 2. The summed E-state index contributed by atoms with van der Waals surface area (Å²) in [6, 6.07) is 5.89. The van der Waals surface area contributed by atoms with E-state index in [1.165, 1.54) is 0 Å². The summed E-state index contributed by atoms with van der Waals surface area (Å²) in [6.07, 6.45) is 4.32. The molecule has 0 aliphatic rings. The van der Waals surface area contributed by atoms with Crippen molar-refractivity contribution in [1.82, 2.24) is 14.0 Å². The minimum atomic E-state index is 0.0787. The maximum Gasteiger partial charge on any atom is 0.278 e. The molecule has 0 aliphatic heterocycles. The van der Waals surface area contributed by atoms with Crippen molar-refractivity contribution in [3.05, 3.63) is 34.2 Å². The Morgan fingerprint density at radius 1 is 1.20 bits per heavy atom. The van der Waals surface area contributed by atoms with Gasteiger partial charge in [0.1, 0.15) is 16.8 Å². The number of hydrogen-bond acceptors (Lipinski definition) is 3. The number of hydrogen-bond donors (Lipinski definition) is 1.